The van der Waals surface area contributed by atoms with Gasteiger partial charge >= 0.3 is 0 Å². The van der Waals surface area contributed by atoms with Crippen LogP contribution in [0.25, 0.3) is 0 Å². The quantitative estimate of drug-likeness (QED) is 0.771. The lowest BCUT2D eigenvalue weighted by molar-refractivity contribution is 0.0938. The molecule has 0 aliphatic rings. The summed E-state index contributed by atoms with van der Waals surface area (Å²) in [4.78, 5) is 11.9. The standard InChI is InChI=1S/C12H17NO5/c1-16-8-6-9(17-2)11(10(7-8)18-3)12(15)13-4-5-14/h6-7,14H,4-5H2,1-3H3,(H,13,15). The first-order valence-corrected chi connectivity index (χ1v) is 5.37. The third-order valence-electron chi connectivity index (χ3n) is 2.34. The second-order valence-corrected chi connectivity index (χ2v) is 3.39. The van der Waals surface area contributed by atoms with Crippen molar-refractivity contribution in [2.75, 3.05) is 34.5 Å². The third-order valence-corrected chi connectivity index (χ3v) is 2.34. The Kier molecular flexibility index (Phi) is 5.26. The molecule has 0 heterocycles. The first-order valence-electron chi connectivity index (χ1n) is 5.37. The highest BCUT2D eigenvalue weighted by molar-refractivity contribution is 6.00. The van der Waals surface area contributed by atoms with Gasteiger partial charge in [-0.05, 0) is 0 Å². The maximum atomic E-state index is 11.9. The summed E-state index contributed by atoms with van der Waals surface area (Å²) in [5.74, 6) is 0.853. The van der Waals surface area contributed by atoms with Crippen molar-refractivity contribution in [2.45, 2.75) is 0 Å². The van der Waals surface area contributed by atoms with Gasteiger partial charge in [0, 0.05) is 18.7 Å². The minimum atomic E-state index is -0.375. The Morgan fingerprint density at radius 1 is 1.17 bits per heavy atom. The molecule has 2 N–H and O–H groups in total. The van der Waals surface area contributed by atoms with Crippen LogP contribution in [0, 0.1) is 0 Å². The van der Waals surface area contributed by atoms with Crippen molar-refractivity contribution in [3.05, 3.63) is 17.7 Å². The minimum absolute atomic E-state index is 0.132. The Labute approximate surface area is 105 Å². The van der Waals surface area contributed by atoms with E-state index in [1.54, 1.807) is 12.1 Å². The van der Waals surface area contributed by atoms with Crippen molar-refractivity contribution >= 4 is 5.91 Å². The Morgan fingerprint density at radius 2 is 1.72 bits per heavy atom. The summed E-state index contributed by atoms with van der Waals surface area (Å²) in [6, 6.07) is 3.19. The Bertz CT molecular complexity index is 394. The average molecular weight is 255 g/mol. The fourth-order valence-corrected chi connectivity index (χ4v) is 1.49. The Morgan fingerprint density at radius 3 is 2.11 bits per heavy atom. The van der Waals surface area contributed by atoms with E-state index >= 15 is 0 Å². The fraction of sp³-hybridized carbons (Fsp3) is 0.417. The lowest BCUT2D eigenvalue weighted by Crippen LogP contribution is -2.27. The SMILES string of the molecule is COc1cc(OC)c(C(=O)NCCO)c(OC)c1. The second-order valence-electron chi connectivity index (χ2n) is 3.39. The molecule has 0 bridgehead atoms. The minimum Gasteiger partial charge on any atom is -0.496 e. The van der Waals surface area contributed by atoms with Gasteiger partial charge in [0.1, 0.15) is 22.8 Å². The van der Waals surface area contributed by atoms with Crippen LogP contribution in [0.2, 0.25) is 0 Å². The van der Waals surface area contributed by atoms with E-state index in [0.29, 0.717) is 17.2 Å². The van der Waals surface area contributed by atoms with Crippen molar-refractivity contribution in [3.8, 4) is 17.2 Å². The fourth-order valence-electron chi connectivity index (χ4n) is 1.49. The molecule has 0 unspecified atom stereocenters. The molecule has 0 fully saturated rings. The van der Waals surface area contributed by atoms with E-state index in [2.05, 4.69) is 5.32 Å². The predicted octanol–water partition coefficient (Wildman–Crippen LogP) is 0.434. The Hall–Kier alpha value is -1.95. The van der Waals surface area contributed by atoms with Crippen molar-refractivity contribution in [1.82, 2.24) is 5.32 Å². The van der Waals surface area contributed by atoms with E-state index in [1.165, 1.54) is 21.3 Å². The molecule has 1 amide bonds. The van der Waals surface area contributed by atoms with Crippen LogP contribution < -0.4 is 19.5 Å². The van der Waals surface area contributed by atoms with Gasteiger partial charge < -0.3 is 24.6 Å². The molecule has 0 aliphatic heterocycles. The zero-order valence-corrected chi connectivity index (χ0v) is 10.6. The molecule has 0 aromatic heterocycles. The molecule has 1 rings (SSSR count). The first-order chi connectivity index (χ1) is 8.67. The number of carbonyl (C=O) groups is 1. The zero-order chi connectivity index (χ0) is 13.5. The molecule has 1 aromatic rings. The first kappa shape index (κ1) is 14.1. The Balaban J connectivity index is 3.18. The molecule has 1 aromatic carbocycles. The van der Waals surface area contributed by atoms with Gasteiger partial charge in [0.25, 0.3) is 5.91 Å². The molecule has 6 nitrogen and oxygen atoms in total. The van der Waals surface area contributed by atoms with Gasteiger partial charge in [-0.3, -0.25) is 4.79 Å². The number of benzene rings is 1. The molecule has 0 saturated carbocycles. The molecule has 6 heteroatoms. The van der Waals surface area contributed by atoms with Gasteiger partial charge in [-0.15, -0.1) is 0 Å². The maximum absolute atomic E-state index is 11.9. The highest BCUT2D eigenvalue weighted by Crippen LogP contribution is 2.33. The summed E-state index contributed by atoms with van der Waals surface area (Å²) in [5.41, 5.74) is 0.272. The second kappa shape index (κ2) is 6.70. The van der Waals surface area contributed by atoms with Crippen molar-refractivity contribution in [3.63, 3.8) is 0 Å². The number of methoxy groups -OCH3 is 3. The summed E-state index contributed by atoms with van der Waals surface area (Å²) in [5, 5.41) is 11.2. The summed E-state index contributed by atoms with van der Waals surface area (Å²) < 4.78 is 15.4. The summed E-state index contributed by atoms with van der Waals surface area (Å²) in [7, 11) is 4.42. The van der Waals surface area contributed by atoms with Crippen LogP contribution in [0.1, 0.15) is 10.4 Å². The van der Waals surface area contributed by atoms with Gasteiger partial charge in [0.15, 0.2) is 0 Å². The monoisotopic (exact) mass is 255 g/mol. The molecular formula is C12H17NO5. The largest absolute Gasteiger partial charge is 0.496 e. The molecule has 0 aliphatic carbocycles. The van der Waals surface area contributed by atoms with Crippen molar-refractivity contribution in [2.24, 2.45) is 0 Å². The molecule has 0 atom stereocenters. The number of amides is 1. The van der Waals surface area contributed by atoms with Gasteiger partial charge in [0.05, 0.1) is 27.9 Å². The van der Waals surface area contributed by atoms with Gasteiger partial charge in [-0.2, -0.15) is 0 Å². The van der Waals surface area contributed by atoms with Gasteiger partial charge in [-0.1, -0.05) is 0 Å². The van der Waals surface area contributed by atoms with Crippen LogP contribution >= 0.6 is 0 Å². The van der Waals surface area contributed by atoms with Crippen LogP contribution in [0.4, 0.5) is 0 Å². The lowest BCUT2D eigenvalue weighted by atomic mass is 10.1. The molecule has 0 saturated heterocycles. The summed E-state index contributed by atoms with van der Waals surface area (Å²) in [6.45, 7) is 0.0314. The van der Waals surface area contributed by atoms with E-state index in [4.69, 9.17) is 19.3 Å². The van der Waals surface area contributed by atoms with Crippen molar-refractivity contribution < 1.29 is 24.1 Å². The number of hydrogen-bond donors (Lipinski definition) is 2. The number of aliphatic hydroxyl groups excluding tert-OH is 1. The number of nitrogens with one attached hydrogen (secondary N) is 1. The average Bonchev–Trinajstić information content (AvgIpc) is 2.42. The highest BCUT2D eigenvalue weighted by atomic mass is 16.5. The normalized spacial score (nSPS) is 9.78. The zero-order valence-electron chi connectivity index (χ0n) is 10.6. The predicted molar refractivity (Wildman–Crippen MR) is 65.5 cm³/mol. The maximum Gasteiger partial charge on any atom is 0.258 e. The van der Waals surface area contributed by atoms with Gasteiger partial charge in [0.2, 0.25) is 0 Å². The smallest absolute Gasteiger partial charge is 0.258 e. The van der Waals surface area contributed by atoms with Crippen LogP contribution in [-0.4, -0.2) is 45.5 Å². The van der Waals surface area contributed by atoms with Crippen LogP contribution in [0.3, 0.4) is 0 Å². The third kappa shape index (κ3) is 3.04. The molecule has 0 radical (unpaired) electrons. The molecule has 0 spiro atoms. The van der Waals surface area contributed by atoms with E-state index in [1.807, 2.05) is 0 Å². The van der Waals surface area contributed by atoms with Gasteiger partial charge in [-0.25, -0.2) is 0 Å². The topological polar surface area (TPSA) is 77.0 Å². The van der Waals surface area contributed by atoms with E-state index in [0.717, 1.165) is 0 Å². The number of hydrogen-bond acceptors (Lipinski definition) is 5. The van der Waals surface area contributed by atoms with E-state index in [-0.39, 0.29) is 24.6 Å². The molecule has 100 valence electrons. The van der Waals surface area contributed by atoms with E-state index < -0.39 is 0 Å². The molecular weight excluding hydrogens is 238 g/mol. The summed E-state index contributed by atoms with van der Waals surface area (Å²) >= 11 is 0. The van der Waals surface area contributed by atoms with Crippen LogP contribution in [0.5, 0.6) is 17.2 Å². The van der Waals surface area contributed by atoms with Crippen LogP contribution in [-0.2, 0) is 0 Å². The number of ether oxygens (including phenoxy) is 3. The van der Waals surface area contributed by atoms with Crippen molar-refractivity contribution in [1.29, 1.82) is 0 Å². The number of rotatable bonds is 6. The van der Waals surface area contributed by atoms with Crippen LogP contribution in [0.15, 0.2) is 12.1 Å². The number of carbonyl (C=O) groups excluding carboxylic acids is 1. The lowest BCUT2D eigenvalue weighted by Gasteiger charge is -2.14. The number of aliphatic hydroxyl groups is 1. The molecule has 18 heavy (non-hydrogen) atoms. The van der Waals surface area contributed by atoms with E-state index in [9.17, 15) is 4.79 Å². The highest BCUT2D eigenvalue weighted by Gasteiger charge is 2.19. The summed E-state index contributed by atoms with van der Waals surface area (Å²) in [6.07, 6.45) is 0.